The van der Waals surface area contributed by atoms with Gasteiger partial charge >= 0.3 is 0 Å². The van der Waals surface area contributed by atoms with Gasteiger partial charge in [0.15, 0.2) is 11.6 Å². The summed E-state index contributed by atoms with van der Waals surface area (Å²) in [5.74, 6) is 0.792. The fraction of sp³-hybridized carbons (Fsp3) is 0.417. The number of carbonyl (C=O) groups is 1. The topological polar surface area (TPSA) is 102 Å². The second kappa shape index (κ2) is 8.63. The number of anilines is 1. The van der Waals surface area contributed by atoms with Crippen molar-refractivity contribution in [1.29, 1.82) is 0 Å². The van der Waals surface area contributed by atoms with Gasteiger partial charge in [-0.15, -0.1) is 0 Å². The number of carbonyl (C=O) groups excluding carboxylic acids is 1. The summed E-state index contributed by atoms with van der Waals surface area (Å²) in [5.41, 5.74) is 0.570. The first kappa shape index (κ1) is 22.7. The van der Waals surface area contributed by atoms with Crippen molar-refractivity contribution in [3.63, 3.8) is 0 Å². The minimum absolute atomic E-state index is 0.0556. The van der Waals surface area contributed by atoms with E-state index in [1.165, 1.54) is 18.2 Å². The van der Waals surface area contributed by atoms with Crippen molar-refractivity contribution in [2.45, 2.75) is 37.2 Å². The number of ether oxygens (including phenoxy) is 1. The highest BCUT2D eigenvalue weighted by Crippen LogP contribution is 2.56. The van der Waals surface area contributed by atoms with E-state index in [1.54, 1.807) is 37.4 Å². The summed E-state index contributed by atoms with van der Waals surface area (Å²) >= 11 is 5.85. The van der Waals surface area contributed by atoms with E-state index in [-0.39, 0.29) is 28.7 Å². The molecule has 1 aromatic carbocycles. The van der Waals surface area contributed by atoms with Crippen molar-refractivity contribution in [3.05, 3.63) is 65.0 Å². The van der Waals surface area contributed by atoms with E-state index >= 15 is 0 Å². The molecule has 2 saturated carbocycles. The molecule has 8 nitrogen and oxygen atoms in total. The van der Waals surface area contributed by atoms with E-state index in [0.29, 0.717) is 35.8 Å². The summed E-state index contributed by atoms with van der Waals surface area (Å²) in [4.78, 5) is 26.3. The average Bonchev–Trinajstić information content (AvgIpc) is 3.47. The van der Waals surface area contributed by atoms with Gasteiger partial charge in [0.1, 0.15) is 17.1 Å². The third-order valence-electron chi connectivity index (χ3n) is 7.07. The number of hydrogen-bond donors (Lipinski definition) is 2. The first-order valence-electron chi connectivity index (χ1n) is 11.1. The first-order valence-corrected chi connectivity index (χ1v) is 11.5. The second-order valence-corrected chi connectivity index (χ2v) is 9.65. The number of hydrogen-bond acceptors (Lipinski definition) is 6. The van der Waals surface area contributed by atoms with Crippen molar-refractivity contribution in [2.24, 2.45) is 18.9 Å². The standard InChI is InChI=1S/C24H25ClFN5O3/c1-31-12-29-20(21(31)22(32)30-16-3-4-19(26)18(25)7-16)13-5-14-8-24(33,9-15(14)6-13)23-27-10-17(34-2)11-28-23/h3-4,7,10-15,33H,5-6,8-9H2,1-2H3,(H,30,32). The Kier molecular flexibility index (Phi) is 5.77. The minimum atomic E-state index is -1.06. The van der Waals surface area contributed by atoms with E-state index in [2.05, 4.69) is 20.3 Å². The summed E-state index contributed by atoms with van der Waals surface area (Å²) in [6.45, 7) is 0. The van der Waals surface area contributed by atoms with Crippen molar-refractivity contribution in [1.82, 2.24) is 19.5 Å². The van der Waals surface area contributed by atoms with Crippen LogP contribution in [-0.2, 0) is 12.6 Å². The molecule has 2 aromatic heterocycles. The molecule has 2 aliphatic rings. The zero-order chi connectivity index (χ0) is 24.0. The Hall–Kier alpha value is -3.04. The smallest absolute Gasteiger partial charge is 0.274 e. The zero-order valence-corrected chi connectivity index (χ0v) is 19.6. The fourth-order valence-electron chi connectivity index (χ4n) is 5.52. The summed E-state index contributed by atoms with van der Waals surface area (Å²) in [5, 5.41) is 14.0. The molecule has 0 radical (unpaired) electrons. The Balaban J connectivity index is 1.31. The number of aromatic nitrogens is 4. The molecule has 34 heavy (non-hydrogen) atoms. The molecular weight excluding hydrogens is 461 g/mol. The molecule has 2 aliphatic carbocycles. The predicted octanol–water partition coefficient (Wildman–Crippen LogP) is 4.05. The number of aryl methyl sites for hydroxylation is 1. The summed E-state index contributed by atoms with van der Waals surface area (Å²) in [6.07, 6.45) is 7.57. The van der Waals surface area contributed by atoms with Gasteiger partial charge in [-0.1, -0.05) is 11.6 Å². The number of nitrogens with one attached hydrogen (secondary N) is 1. The highest BCUT2D eigenvalue weighted by atomic mass is 35.5. The van der Waals surface area contributed by atoms with E-state index in [9.17, 15) is 14.3 Å². The predicted molar refractivity (Wildman–Crippen MR) is 123 cm³/mol. The minimum Gasteiger partial charge on any atom is -0.494 e. The van der Waals surface area contributed by atoms with Gasteiger partial charge in [0.2, 0.25) is 0 Å². The monoisotopic (exact) mass is 485 g/mol. The highest BCUT2D eigenvalue weighted by molar-refractivity contribution is 6.31. The van der Waals surface area contributed by atoms with Crippen LogP contribution in [0.1, 0.15) is 53.6 Å². The van der Waals surface area contributed by atoms with Crippen LogP contribution < -0.4 is 10.1 Å². The number of methoxy groups -OCH3 is 1. The third kappa shape index (κ3) is 4.03. The van der Waals surface area contributed by atoms with Crippen LogP contribution in [0.2, 0.25) is 5.02 Å². The number of imidazole rings is 1. The number of fused-ring (bicyclic) bond motifs is 1. The van der Waals surface area contributed by atoms with Crippen LogP contribution in [0.25, 0.3) is 0 Å². The number of nitrogens with zero attached hydrogens (tertiary/aromatic N) is 4. The molecular formula is C24H25ClFN5O3. The molecule has 0 spiro atoms. The Morgan fingerprint density at radius 3 is 2.53 bits per heavy atom. The van der Waals surface area contributed by atoms with Gasteiger partial charge in [-0.3, -0.25) is 4.79 Å². The molecule has 178 valence electrons. The molecule has 0 saturated heterocycles. The van der Waals surface area contributed by atoms with Crippen LogP contribution in [0.5, 0.6) is 5.75 Å². The summed E-state index contributed by atoms with van der Waals surface area (Å²) in [6, 6.07) is 4.07. The van der Waals surface area contributed by atoms with Gasteiger partial charge in [0.05, 0.1) is 36.5 Å². The molecule has 3 aromatic rings. The van der Waals surface area contributed by atoms with E-state index in [4.69, 9.17) is 16.3 Å². The third-order valence-corrected chi connectivity index (χ3v) is 7.36. The van der Waals surface area contributed by atoms with Crippen molar-refractivity contribution >= 4 is 23.2 Å². The molecule has 2 heterocycles. The molecule has 1 amide bonds. The molecule has 10 heteroatoms. The van der Waals surface area contributed by atoms with Crippen molar-refractivity contribution in [2.75, 3.05) is 12.4 Å². The van der Waals surface area contributed by atoms with Gasteiger partial charge in [-0.2, -0.15) is 0 Å². The number of benzene rings is 1. The molecule has 2 fully saturated rings. The first-order chi connectivity index (χ1) is 16.3. The van der Waals surface area contributed by atoms with Crippen LogP contribution in [0, 0.1) is 17.7 Å². The Bertz CT molecular complexity index is 1220. The quantitative estimate of drug-likeness (QED) is 0.565. The zero-order valence-electron chi connectivity index (χ0n) is 18.8. The molecule has 0 aliphatic heterocycles. The lowest BCUT2D eigenvalue weighted by Gasteiger charge is -2.23. The van der Waals surface area contributed by atoms with Crippen LogP contribution in [0.15, 0.2) is 36.9 Å². The van der Waals surface area contributed by atoms with Gasteiger partial charge < -0.3 is 19.7 Å². The van der Waals surface area contributed by atoms with Gasteiger partial charge in [-0.25, -0.2) is 19.3 Å². The lowest BCUT2D eigenvalue weighted by Crippen LogP contribution is -2.26. The van der Waals surface area contributed by atoms with E-state index < -0.39 is 11.4 Å². The lowest BCUT2D eigenvalue weighted by molar-refractivity contribution is 0.0252. The van der Waals surface area contributed by atoms with E-state index in [1.807, 2.05) is 0 Å². The van der Waals surface area contributed by atoms with Gasteiger partial charge in [0.25, 0.3) is 5.91 Å². The average molecular weight is 486 g/mol. The maximum atomic E-state index is 13.5. The van der Waals surface area contributed by atoms with Crippen LogP contribution in [0.4, 0.5) is 10.1 Å². The number of halogens is 2. The number of amides is 1. The maximum absolute atomic E-state index is 13.5. The van der Waals surface area contributed by atoms with Crippen LogP contribution >= 0.6 is 11.6 Å². The highest BCUT2D eigenvalue weighted by Gasteiger charge is 2.51. The SMILES string of the molecule is COc1cnc(C2(O)CC3CC(c4ncn(C)c4C(=O)Nc4ccc(F)c(Cl)c4)CC3C2)nc1. The van der Waals surface area contributed by atoms with E-state index in [0.717, 1.165) is 18.5 Å². The molecule has 5 rings (SSSR count). The Morgan fingerprint density at radius 2 is 1.91 bits per heavy atom. The maximum Gasteiger partial charge on any atom is 0.274 e. The summed E-state index contributed by atoms with van der Waals surface area (Å²) < 4.78 is 20.3. The number of aliphatic hydroxyl groups is 1. The second-order valence-electron chi connectivity index (χ2n) is 9.25. The Morgan fingerprint density at radius 1 is 1.24 bits per heavy atom. The van der Waals surface area contributed by atoms with Gasteiger partial charge in [-0.05, 0) is 55.7 Å². The lowest BCUT2D eigenvalue weighted by atomic mass is 9.91. The molecule has 2 atom stereocenters. The van der Waals surface area contributed by atoms with Crippen molar-refractivity contribution in [3.8, 4) is 5.75 Å². The number of rotatable bonds is 5. The van der Waals surface area contributed by atoms with Crippen LogP contribution in [-0.4, -0.2) is 37.6 Å². The summed E-state index contributed by atoms with van der Waals surface area (Å²) in [7, 11) is 3.33. The molecule has 2 unspecified atom stereocenters. The molecule has 2 N–H and O–H groups in total. The fourth-order valence-corrected chi connectivity index (χ4v) is 5.70. The van der Waals surface area contributed by atoms with Gasteiger partial charge in [0, 0.05) is 18.7 Å². The molecule has 0 bridgehead atoms. The van der Waals surface area contributed by atoms with Crippen molar-refractivity contribution < 1.29 is 19.0 Å². The largest absolute Gasteiger partial charge is 0.494 e. The van der Waals surface area contributed by atoms with Crippen LogP contribution in [0.3, 0.4) is 0 Å². The normalized spacial score (nSPS) is 25.9. The Labute approximate surface area is 201 Å².